The van der Waals surface area contributed by atoms with Crippen molar-refractivity contribution in [3.8, 4) is 16.8 Å². The van der Waals surface area contributed by atoms with Crippen LogP contribution in [0.3, 0.4) is 0 Å². The zero-order chi connectivity index (χ0) is 14.7. The van der Waals surface area contributed by atoms with Crippen molar-refractivity contribution in [3.05, 3.63) is 71.0 Å². The van der Waals surface area contributed by atoms with Crippen LogP contribution in [-0.2, 0) is 6.42 Å². The standard InChI is InChI=1S/C17H16BrN3/c18-16-6-7-17(14(10-16)8-9-19)21-12-15(11-20-21)13-4-2-1-3-5-13/h1-7,10-12H,8-9,19H2. The zero-order valence-electron chi connectivity index (χ0n) is 11.5. The summed E-state index contributed by atoms with van der Waals surface area (Å²) in [5.74, 6) is 0. The van der Waals surface area contributed by atoms with Gasteiger partial charge in [-0.15, -0.1) is 0 Å². The number of hydrogen-bond donors (Lipinski definition) is 1. The molecule has 0 aliphatic heterocycles. The Labute approximate surface area is 132 Å². The molecule has 106 valence electrons. The lowest BCUT2D eigenvalue weighted by Gasteiger charge is -2.09. The van der Waals surface area contributed by atoms with Crippen LogP contribution < -0.4 is 5.73 Å². The molecule has 0 radical (unpaired) electrons. The maximum absolute atomic E-state index is 5.71. The first-order valence-electron chi connectivity index (χ1n) is 6.87. The maximum atomic E-state index is 5.71. The van der Waals surface area contributed by atoms with Gasteiger partial charge < -0.3 is 5.73 Å². The fourth-order valence-corrected chi connectivity index (χ4v) is 2.78. The second-order valence-corrected chi connectivity index (χ2v) is 5.77. The molecular weight excluding hydrogens is 326 g/mol. The normalized spacial score (nSPS) is 10.8. The van der Waals surface area contributed by atoms with E-state index in [0.29, 0.717) is 6.54 Å². The summed E-state index contributed by atoms with van der Waals surface area (Å²) in [5, 5.41) is 4.50. The number of nitrogens with zero attached hydrogens (tertiary/aromatic N) is 2. The topological polar surface area (TPSA) is 43.8 Å². The van der Waals surface area contributed by atoms with Gasteiger partial charge in [-0.1, -0.05) is 46.3 Å². The average Bonchev–Trinajstić information content (AvgIpc) is 2.98. The van der Waals surface area contributed by atoms with Crippen molar-refractivity contribution in [1.29, 1.82) is 0 Å². The van der Waals surface area contributed by atoms with Gasteiger partial charge in [0, 0.05) is 16.2 Å². The summed E-state index contributed by atoms with van der Waals surface area (Å²) < 4.78 is 2.98. The van der Waals surface area contributed by atoms with E-state index in [1.165, 1.54) is 11.1 Å². The van der Waals surface area contributed by atoms with Gasteiger partial charge in [0.1, 0.15) is 0 Å². The molecule has 0 aliphatic carbocycles. The fourth-order valence-electron chi connectivity index (χ4n) is 2.37. The molecule has 0 aliphatic rings. The predicted molar refractivity (Wildman–Crippen MR) is 89.5 cm³/mol. The van der Waals surface area contributed by atoms with Crippen LogP contribution in [0.2, 0.25) is 0 Å². The van der Waals surface area contributed by atoms with Gasteiger partial charge in [-0.05, 0) is 42.3 Å². The van der Waals surface area contributed by atoms with E-state index in [0.717, 1.165) is 22.1 Å². The Hall–Kier alpha value is -1.91. The molecule has 21 heavy (non-hydrogen) atoms. The first-order valence-corrected chi connectivity index (χ1v) is 7.66. The molecule has 0 bridgehead atoms. The molecule has 2 aromatic carbocycles. The molecule has 1 heterocycles. The first-order chi connectivity index (χ1) is 10.3. The molecule has 0 saturated carbocycles. The summed E-state index contributed by atoms with van der Waals surface area (Å²) in [6.45, 7) is 0.621. The summed E-state index contributed by atoms with van der Waals surface area (Å²) in [6, 6.07) is 16.5. The van der Waals surface area contributed by atoms with E-state index < -0.39 is 0 Å². The number of hydrogen-bond acceptors (Lipinski definition) is 2. The first kappa shape index (κ1) is 14.0. The Kier molecular flexibility index (Phi) is 4.18. The molecule has 4 heteroatoms. The number of halogens is 1. The number of nitrogens with two attached hydrogens (primary N) is 1. The van der Waals surface area contributed by atoms with Gasteiger partial charge >= 0.3 is 0 Å². The quantitative estimate of drug-likeness (QED) is 0.784. The summed E-state index contributed by atoms with van der Waals surface area (Å²) in [6.07, 6.45) is 4.78. The molecule has 0 fully saturated rings. The van der Waals surface area contributed by atoms with Crippen molar-refractivity contribution in [1.82, 2.24) is 9.78 Å². The molecule has 0 unspecified atom stereocenters. The third kappa shape index (κ3) is 3.06. The molecule has 0 saturated heterocycles. The highest BCUT2D eigenvalue weighted by Gasteiger charge is 2.08. The van der Waals surface area contributed by atoms with Crippen molar-refractivity contribution in [3.63, 3.8) is 0 Å². The minimum Gasteiger partial charge on any atom is -0.330 e. The van der Waals surface area contributed by atoms with Crippen LogP contribution in [-0.4, -0.2) is 16.3 Å². The summed E-state index contributed by atoms with van der Waals surface area (Å²) in [5.41, 5.74) is 10.2. The molecule has 3 nitrogen and oxygen atoms in total. The Morgan fingerprint density at radius 2 is 1.86 bits per heavy atom. The number of aromatic nitrogens is 2. The zero-order valence-corrected chi connectivity index (χ0v) is 13.1. The Bertz CT molecular complexity index is 735. The van der Waals surface area contributed by atoms with Crippen LogP contribution in [0.5, 0.6) is 0 Å². The molecule has 2 N–H and O–H groups in total. The van der Waals surface area contributed by atoms with Crippen LogP contribution in [0, 0.1) is 0 Å². The molecule has 1 aromatic heterocycles. The van der Waals surface area contributed by atoms with E-state index in [2.05, 4.69) is 51.5 Å². The number of rotatable bonds is 4. The van der Waals surface area contributed by atoms with E-state index in [1.54, 1.807) is 0 Å². The van der Waals surface area contributed by atoms with Crippen molar-refractivity contribution < 1.29 is 0 Å². The van der Waals surface area contributed by atoms with Crippen LogP contribution >= 0.6 is 15.9 Å². The van der Waals surface area contributed by atoms with Gasteiger partial charge in [-0.2, -0.15) is 5.10 Å². The minimum absolute atomic E-state index is 0.621. The van der Waals surface area contributed by atoms with Crippen LogP contribution in [0.15, 0.2) is 65.4 Å². The highest BCUT2D eigenvalue weighted by atomic mass is 79.9. The van der Waals surface area contributed by atoms with Gasteiger partial charge in [-0.3, -0.25) is 0 Å². The lowest BCUT2D eigenvalue weighted by Crippen LogP contribution is -2.07. The SMILES string of the molecule is NCCc1cc(Br)ccc1-n1cc(-c2ccccc2)cn1. The van der Waals surface area contributed by atoms with Crippen molar-refractivity contribution >= 4 is 15.9 Å². The Morgan fingerprint density at radius 1 is 1.05 bits per heavy atom. The maximum Gasteiger partial charge on any atom is 0.0679 e. The lowest BCUT2D eigenvalue weighted by molar-refractivity contribution is 0.850. The molecule has 0 amide bonds. The van der Waals surface area contributed by atoms with Gasteiger partial charge in [0.2, 0.25) is 0 Å². The third-order valence-corrected chi connectivity index (χ3v) is 3.89. The molecule has 3 rings (SSSR count). The highest BCUT2D eigenvalue weighted by Crippen LogP contribution is 2.23. The predicted octanol–water partition coefficient (Wildman–Crippen LogP) is 3.80. The molecule has 0 atom stereocenters. The minimum atomic E-state index is 0.621. The van der Waals surface area contributed by atoms with E-state index in [4.69, 9.17) is 5.73 Å². The number of benzene rings is 2. The van der Waals surface area contributed by atoms with E-state index in [1.807, 2.05) is 35.1 Å². The third-order valence-electron chi connectivity index (χ3n) is 3.39. The van der Waals surface area contributed by atoms with E-state index in [-0.39, 0.29) is 0 Å². The molecule has 3 aromatic rings. The monoisotopic (exact) mass is 341 g/mol. The lowest BCUT2D eigenvalue weighted by atomic mass is 10.1. The Balaban J connectivity index is 2.00. The fraction of sp³-hybridized carbons (Fsp3) is 0.118. The van der Waals surface area contributed by atoms with Crippen molar-refractivity contribution in [2.75, 3.05) is 6.54 Å². The van der Waals surface area contributed by atoms with Crippen LogP contribution in [0.25, 0.3) is 16.8 Å². The smallest absolute Gasteiger partial charge is 0.0679 e. The van der Waals surface area contributed by atoms with Gasteiger partial charge in [0.25, 0.3) is 0 Å². The summed E-state index contributed by atoms with van der Waals surface area (Å²) in [4.78, 5) is 0. The van der Waals surface area contributed by atoms with Gasteiger partial charge in [0.05, 0.1) is 11.9 Å². The summed E-state index contributed by atoms with van der Waals surface area (Å²) >= 11 is 3.51. The second-order valence-electron chi connectivity index (χ2n) is 4.85. The molecule has 0 spiro atoms. The highest BCUT2D eigenvalue weighted by molar-refractivity contribution is 9.10. The van der Waals surface area contributed by atoms with Gasteiger partial charge in [0.15, 0.2) is 0 Å². The van der Waals surface area contributed by atoms with E-state index >= 15 is 0 Å². The van der Waals surface area contributed by atoms with Gasteiger partial charge in [-0.25, -0.2) is 4.68 Å². The van der Waals surface area contributed by atoms with Crippen molar-refractivity contribution in [2.24, 2.45) is 5.73 Å². The van der Waals surface area contributed by atoms with Crippen molar-refractivity contribution in [2.45, 2.75) is 6.42 Å². The second kappa shape index (κ2) is 6.24. The van der Waals surface area contributed by atoms with E-state index in [9.17, 15) is 0 Å². The van der Waals surface area contributed by atoms with Crippen LogP contribution in [0.1, 0.15) is 5.56 Å². The Morgan fingerprint density at radius 3 is 2.62 bits per heavy atom. The average molecular weight is 342 g/mol. The summed E-state index contributed by atoms with van der Waals surface area (Å²) in [7, 11) is 0. The van der Waals surface area contributed by atoms with Crippen LogP contribution in [0.4, 0.5) is 0 Å². The largest absolute Gasteiger partial charge is 0.330 e. The molecular formula is C17H16BrN3.